The Balaban J connectivity index is -0.000000270. The van der Waals surface area contributed by atoms with E-state index in [0.717, 1.165) is 19.3 Å². The summed E-state index contributed by atoms with van der Waals surface area (Å²) < 4.78 is 48.0. The molecule has 0 spiro atoms. The predicted octanol–water partition coefficient (Wildman–Crippen LogP) is 7.69. The monoisotopic (exact) mass is 1830 g/mol. The zero-order valence-corrected chi connectivity index (χ0v) is 84.5. The van der Waals surface area contributed by atoms with Crippen molar-refractivity contribution in [3.05, 3.63) is 29.8 Å². The minimum atomic E-state index is -0.591. The van der Waals surface area contributed by atoms with Crippen molar-refractivity contribution in [2.75, 3.05) is 160 Å². The predicted molar refractivity (Wildman–Crippen MR) is 522 cm³/mol. The van der Waals surface area contributed by atoms with Crippen LogP contribution in [0.15, 0.2) is 49.2 Å². The van der Waals surface area contributed by atoms with Crippen molar-refractivity contribution in [2.45, 2.75) is 267 Å². The van der Waals surface area contributed by atoms with Crippen molar-refractivity contribution >= 4 is 81.8 Å². The number of unbranched alkanes of at least 4 members (excludes halogenated alkanes) is 1. The van der Waals surface area contributed by atoms with Gasteiger partial charge in [0.25, 0.3) is 0 Å². The van der Waals surface area contributed by atoms with Crippen LogP contribution in [0.25, 0.3) is 0 Å². The molecule has 128 heavy (non-hydrogen) atoms. The molecular weight excluding hydrogens is 1640 g/mol. The summed E-state index contributed by atoms with van der Waals surface area (Å²) in [5.41, 5.74) is 58.6. The molecule has 1 rings (SSSR count). The summed E-state index contributed by atoms with van der Waals surface area (Å²) in [7, 11) is 5.67. The summed E-state index contributed by atoms with van der Waals surface area (Å²) in [6.45, 7) is 60.1. The highest BCUT2D eigenvalue weighted by molar-refractivity contribution is 5.98. The highest BCUT2D eigenvalue weighted by Crippen LogP contribution is 2.19. The molecular formula is C92H185N19O17. The molecule has 1 aromatic carbocycles. The molecule has 36 nitrogen and oxygen atoms in total. The van der Waals surface area contributed by atoms with Gasteiger partial charge in [0.15, 0.2) is 52.9 Å². The number of likely N-dealkylation sites (N-methyl/N-ethyl adjacent to an activating group) is 2. The zero-order chi connectivity index (χ0) is 100.0. The number of nitrogens with zero attached hydrogens (tertiary/aromatic N) is 7. The molecule has 0 aliphatic carbocycles. The maximum Gasteiger partial charge on any atom is 0.191 e. The van der Waals surface area contributed by atoms with Crippen LogP contribution in [-0.2, 0) is 76.2 Å². The maximum absolute atomic E-state index is 12.1. The number of aliphatic imine (C=N–C) groups is 5. The lowest BCUT2D eigenvalue weighted by Gasteiger charge is -2.32. The molecule has 750 valence electrons. The number of methoxy groups -OCH3 is 1. The van der Waals surface area contributed by atoms with Gasteiger partial charge in [-0.05, 0) is 98.9 Å². The van der Waals surface area contributed by atoms with E-state index in [1.807, 2.05) is 104 Å². The van der Waals surface area contributed by atoms with Crippen molar-refractivity contribution < 1.29 is 81.0 Å². The van der Waals surface area contributed by atoms with Crippen LogP contribution in [0.3, 0.4) is 0 Å². The number of Topliss-reactive ketones (excluding diaryl/α,β-unsaturated/α-hetero) is 8. The fourth-order valence-corrected chi connectivity index (χ4v) is 9.86. The van der Waals surface area contributed by atoms with Gasteiger partial charge >= 0.3 is 0 Å². The number of rotatable bonds is 63. The fraction of sp³-hybridized carbons (Fsp3) is 0.793. The molecule has 1 aromatic rings. The number of carbonyl (C=O) groups is 8. The van der Waals surface area contributed by atoms with E-state index in [0.29, 0.717) is 229 Å². The van der Waals surface area contributed by atoms with Gasteiger partial charge in [-0.2, -0.15) is 0 Å². The SMILES string of the molecule is CC(C)C(=O)CCCCN=C(N)N.CC(C)C(=O)CN(C)C(C)C.CC(C)C(=O)[C@@H](N)CN=C(N)N.CC(C)C(=O)[C@H](CCCN=C(N)N)N=C(N)N.CC(C)C(=O)c1cccc(N=C(N)N)c1.CC(C)C[C@@H](C(=O)C(C)C)N(C)C(C)C.CC(C)N[C@@H](C)CC(=O)C(C)C.COCCOCCOCCOCCOCCOCCOCCOCCOCCC(=O)C(C)C. The molecule has 0 radical (unpaired) electrons. The zero-order valence-electron chi connectivity index (χ0n) is 84.5. The van der Waals surface area contributed by atoms with Gasteiger partial charge in [0.1, 0.15) is 29.2 Å². The van der Waals surface area contributed by atoms with E-state index in [1.165, 1.54) is 0 Å². The van der Waals surface area contributed by atoms with Crippen LogP contribution < -0.4 is 68.4 Å². The number of benzene rings is 1. The van der Waals surface area contributed by atoms with Gasteiger partial charge < -0.3 is 111 Å². The second kappa shape index (κ2) is 86.1. The second-order valence-corrected chi connectivity index (χ2v) is 34.4. The van der Waals surface area contributed by atoms with E-state index in [4.69, 9.17) is 106 Å². The van der Waals surface area contributed by atoms with E-state index in [1.54, 1.807) is 45.2 Å². The van der Waals surface area contributed by atoms with Crippen LogP contribution in [0.2, 0.25) is 0 Å². The van der Waals surface area contributed by atoms with Gasteiger partial charge in [0.2, 0.25) is 0 Å². The lowest BCUT2D eigenvalue weighted by molar-refractivity contribution is -0.128. The number of nitrogens with one attached hydrogen (secondary N) is 1. The summed E-state index contributed by atoms with van der Waals surface area (Å²) in [6.07, 6.45) is 5.63. The van der Waals surface area contributed by atoms with Crippen LogP contribution >= 0.6 is 0 Å². The minimum Gasteiger partial charge on any atom is -0.382 e. The highest BCUT2D eigenvalue weighted by atomic mass is 16.6. The van der Waals surface area contributed by atoms with Gasteiger partial charge in [0, 0.05) is 117 Å². The van der Waals surface area contributed by atoms with Crippen molar-refractivity contribution in [3.63, 3.8) is 0 Å². The van der Waals surface area contributed by atoms with Gasteiger partial charge in [0.05, 0.1) is 143 Å². The third-order valence-electron chi connectivity index (χ3n) is 18.0. The molecule has 36 heteroatoms. The summed E-state index contributed by atoms with van der Waals surface area (Å²) in [6, 6.07) is 7.59. The van der Waals surface area contributed by atoms with Gasteiger partial charge in [-0.3, -0.25) is 63.1 Å². The number of guanidine groups is 5. The summed E-state index contributed by atoms with van der Waals surface area (Å²) >= 11 is 0. The summed E-state index contributed by atoms with van der Waals surface area (Å²) in [5.74, 6) is 2.71. The number of ether oxygens (including phenoxy) is 9. The van der Waals surface area contributed by atoms with Crippen molar-refractivity contribution in [1.29, 1.82) is 0 Å². The summed E-state index contributed by atoms with van der Waals surface area (Å²) in [4.78, 5) is 115. The average molecular weight is 1830 g/mol. The second-order valence-electron chi connectivity index (χ2n) is 34.4. The quantitative estimate of drug-likeness (QED) is 0.0129. The molecule has 0 bridgehead atoms. The molecule has 0 heterocycles. The molecule has 0 fully saturated rings. The summed E-state index contributed by atoms with van der Waals surface area (Å²) in [5, 5.41) is 3.31. The van der Waals surface area contributed by atoms with Crippen LogP contribution in [0, 0.1) is 53.3 Å². The van der Waals surface area contributed by atoms with Gasteiger partial charge in [-0.25, -0.2) is 9.98 Å². The third-order valence-corrected chi connectivity index (χ3v) is 18.0. The van der Waals surface area contributed by atoms with Crippen LogP contribution in [0.1, 0.15) is 235 Å². The Kier molecular flexibility index (Phi) is 89.8. The number of hydrogen-bond donors (Lipinski definition) is 12. The average Bonchev–Trinajstić information content (AvgIpc) is 0.867. The number of nitrogens with two attached hydrogens (primary N) is 11. The van der Waals surface area contributed by atoms with Gasteiger partial charge in [-0.15, -0.1) is 0 Å². The van der Waals surface area contributed by atoms with Crippen LogP contribution in [0.4, 0.5) is 5.69 Å². The molecule has 0 saturated carbocycles. The Morgan fingerprint density at radius 3 is 1.13 bits per heavy atom. The molecule has 0 aliphatic heterocycles. The Morgan fingerprint density at radius 2 is 0.797 bits per heavy atom. The molecule has 0 unspecified atom stereocenters. The number of carbonyl (C=O) groups excluding carboxylic acids is 8. The van der Waals surface area contributed by atoms with Crippen molar-refractivity contribution in [3.8, 4) is 0 Å². The largest absolute Gasteiger partial charge is 0.382 e. The molecule has 0 saturated heterocycles. The lowest BCUT2D eigenvalue weighted by Crippen LogP contribution is -2.44. The van der Waals surface area contributed by atoms with E-state index in [-0.39, 0.29) is 113 Å². The van der Waals surface area contributed by atoms with E-state index < -0.39 is 12.1 Å². The normalized spacial score (nSPS) is 11.9. The third kappa shape index (κ3) is 90.4. The Hall–Kier alpha value is -7.59. The van der Waals surface area contributed by atoms with Crippen LogP contribution in [0.5, 0.6) is 0 Å². The molecule has 0 aromatic heterocycles. The Bertz CT molecular complexity index is 3130. The first-order chi connectivity index (χ1) is 59.7. The number of hydrogen-bond acceptors (Lipinski definition) is 26. The lowest BCUT2D eigenvalue weighted by atomic mass is 9.92. The standard InChI is InChI=1S/C23H46O10.C13H27NO.C11H15N3O.C10H22N6O.C10H21NO.C9H19N3O.C9H19NO.C7H16N4O/c1-22(2)23(24)4-5-26-8-9-28-12-13-30-16-17-32-20-21-33-19-18-31-15-14-29-11-10-27-7-6-25-3;1-9(2)8-12(13(15)10(3)4)14(7)11(5)6;1-7(2)10(15)8-4-3-5-9(6-8)14-11(12)13;1-6(2)8(17)7(16-10(13)14)4-3-5-15-9(11)12;1-7(2)10(12)6-9(5)11-8(3)4;1-7(2)8(13)5-3-4-6-12-9(10)11;1-7(2)9(11)6-10(5)8(3)4;1-4(2)6(12)5(8)3-11-7(9)10/h22H,4-21H2,1-3H3;9-12H,8H2,1-7H3;3-7H,1-2H3,(H4,12,13,14);6-7H,3-5H2,1-2H3,(H4,11,12,15)(H4,13,14,16);7-9,11H,6H2,1-5H3;7H,3-6H2,1-2H3,(H4,10,11,12);7-8H,6H2,1-5H3;4-5H,3,8H2,1-2H3,(H4,9,10,11)/t;12-;;7-;9-;;;5-/m.0.00..0/s1. The first kappa shape index (κ1) is 133. The minimum absolute atomic E-state index is 0.0101. The molecule has 23 N–H and O–H groups in total. The topological polar surface area (TPSA) is 586 Å². The van der Waals surface area contributed by atoms with E-state index in [2.05, 4.69) is 109 Å². The van der Waals surface area contributed by atoms with Crippen LogP contribution in [-0.4, -0.2) is 288 Å². The molecule has 0 amide bonds. The Morgan fingerprint density at radius 1 is 0.406 bits per heavy atom. The van der Waals surface area contributed by atoms with Crippen molar-refractivity contribution in [1.82, 2.24) is 15.1 Å². The maximum atomic E-state index is 12.1. The van der Waals surface area contributed by atoms with Gasteiger partial charge in [-0.1, -0.05) is 151 Å². The first-order valence-electron chi connectivity index (χ1n) is 45.4. The smallest absolute Gasteiger partial charge is 0.191 e. The Labute approximate surface area is 771 Å². The first-order valence-corrected chi connectivity index (χ1v) is 45.4. The van der Waals surface area contributed by atoms with E-state index >= 15 is 0 Å². The molecule has 4 atom stereocenters. The van der Waals surface area contributed by atoms with Crippen molar-refractivity contribution in [2.24, 2.45) is 141 Å². The number of ketones is 8. The van der Waals surface area contributed by atoms with E-state index in [9.17, 15) is 38.4 Å². The molecule has 0 aliphatic rings. The highest BCUT2D eigenvalue weighted by Gasteiger charge is 2.28. The fourth-order valence-electron chi connectivity index (χ4n) is 9.86.